The number of ether oxygens (including phenoxy) is 2. The number of non-ortho nitro benzene ring substituents is 1. The van der Waals surface area contributed by atoms with E-state index in [9.17, 15) is 14.9 Å². The Labute approximate surface area is 141 Å². The maximum absolute atomic E-state index is 11.9. The normalized spacial score (nSPS) is 11.6. The quantitative estimate of drug-likeness (QED) is 0.432. The lowest BCUT2D eigenvalue weighted by molar-refractivity contribution is -0.384. The first-order valence-electron chi connectivity index (χ1n) is 6.78. The van der Waals surface area contributed by atoms with Crippen LogP contribution in [-0.2, 0) is 16.1 Å². The van der Waals surface area contributed by atoms with E-state index in [2.05, 4.69) is 15.9 Å². The van der Waals surface area contributed by atoms with Gasteiger partial charge in [0.25, 0.3) is 5.69 Å². The zero-order valence-electron chi connectivity index (χ0n) is 12.3. The summed E-state index contributed by atoms with van der Waals surface area (Å²) in [6.45, 7) is 1.63. The van der Waals surface area contributed by atoms with Gasteiger partial charge in [-0.25, -0.2) is 4.79 Å². The van der Waals surface area contributed by atoms with Gasteiger partial charge in [-0.1, -0.05) is 15.9 Å². The number of hydrogen-bond donors (Lipinski definition) is 0. The van der Waals surface area contributed by atoms with Crippen molar-refractivity contribution in [3.05, 3.63) is 68.7 Å². The number of rotatable bonds is 6. The smallest absolute Gasteiger partial charge is 0.347 e. The fourth-order valence-corrected chi connectivity index (χ4v) is 2.02. The molecule has 0 heterocycles. The molecule has 2 aromatic carbocycles. The van der Waals surface area contributed by atoms with Gasteiger partial charge >= 0.3 is 5.97 Å². The second kappa shape index (κ2) is 7.73. The summed E-state index contributed by atoms with van der Waals surface area (Å²) in [5.41, 5.74) is 0.659. The van der Waals surface area contributed by atoms with Crippen molar-refractivity contribution < 1.29 is 19.2 Å². The molecule has 1 atom stereocenters. The third-order valence-corrected chi connectivity index (χ3v) is 3.52. The van der Waals surface area contributed by atoms with Gasteiger partial charge < -0.3 is 9.47 Å². The van der Waals surface area contributed by atoms with Gasteiger partial charge in [0, 0.05) is 16.6 Å². The van der Waals surface area contributed by atoms with Gasteiger partial charge in [0.2, 0.25) is 0 Å². The molecule has 6 nitrogen and oxygen atoms in total. The van der Waals surface area contributed by atoms with Gasteiger partial charge in [0.1, 0.15) is 12.4 Å². The first-order chi connectivity index (χ1) is 11.0. The Morgan fingerprint density at radius 3 is 2.35 bits per heavy atom. The number of carbonyl (C=O) groups is 1. The largest absolute Gasteiger partial charge is 0.479 e. The topological polar surface area (TPSA) is 78.7 Å². The van der Waals surface area contributed by atoms with Crippen LogP contribution in [-0.4, -0.2) is 17.0 Å². The minimum absolute atomic E-state index is 0.00739. The molecule has 0 aliphatic carbocycles. The Kier molecular flexibility index (Phi) is 5.70. The lowest BCUT2D eigenvalue weighted by Gasteiger charge is -2.14. The Balaban J connectivity index is 1.86. The second-order valence-electron chi connectivity index (χ2n) is 4.75. The third kappa shape index (κ3) is 5.07. The van der Waals surface area contributed by atoms with Crippen LogP contribution < -0.4 is 4.74 Å². The van der Waals surface area contributed by atoms with Crippen LogP contribution in [0.3, 0.4) is 0 Å². The van der Waals surface area contributed by atoms with Gasteiger partial charge in [-0.05, 0) is 48.9 Å². The summed E-state index contributed by atoms with van der Waals surface area (Å²) in [5, 5.41) is 10.6. The molecule has 23 heavy (non-hydrogen) atoms. The Bertz CT molecular complexity index is 685. The summed E-state index contributed by atoms with van der Waals surface area (Å²) in [4.78, 5) is 22.0. The van der Waals surface area contributed by atoms with E-state index in [0.717, 1.165) is 4.47 Å². The first kappa shape index (κ1) is 17.0. The number of halogens is 1. The summed E-state index contributed by atoms with van der Waals surface area (Å²) in [6, 6.07) is 12.9. The van der Waals surface area contributed by atoms with Crippen molar-refractivity contribution in [2.75, 3.05) is 0 Å². The van der Waals surface area contributed by atoms with Crippen molar-refractivity contribution in [3.8, 4) is 5.75 Å². The highest BCUT2D eigenvalue weighted by Crippen LogP contribution is 2.18. The van der Waals surface area contributed by atoms with Gasteiger partial charge in [-0.3, -0.25) is 10.1 Å². The van der Waals surface area contributed by atoms with Gasteiger partial charge in [-0.2, -0.15) is 0 Å². The monoisotopic (exact) mass is 379 g/mol. The molecule has 0 saturated carbocycles. The lowest BCUT2D eigenvalue weighted by Crippen LogP contribution is -2.26. The minimum atomic E-state index is -0.755. The highest BCUT2D eigenvalue weighted by molar-refractivity contribution is 9.10. The molecular formula is C16H14BrNO5. The summed E-state index contributed by atoms with van der Waals surface area (Å²) >= 11 is 3.32. The number of esters is 1. The molecule has 0 aromatic heterocycles. The van der Waals surface area contributed by atoms with E-state index < -0.39 is 17.0 Å². The van der Waals surface area contributed by atoms with Crippen LogP contribution in [0.25, 0.3) is 0 Å². The standard InChI is InChI=1S/C16H14BrNO5/c1-11(23-15-8-4-13(17)5-9-15)16(19)22-10-12-2-6-14(7-3-12)18(20)21/h2-9,11H,10H2,1H3/t11-/m1/s1. The molecule has 0 amide bonds. The fourth-order valence-electron chi connectivity index (χ4n) is 1.75. The predicted octanol–water partition coefficient (Wildman–Crippen LogP) is 3.87. The van der Waals surface area contributed by atoms with Crippen LogP contribution in [0.15, 0.2) is 53.0 Å². The van der Waals surface area contributed by atoms with E-state index in [1.165, 1.54) is 12.1 Å². The zero-order valence-corrected chi connectivity index (χ0v) is 13.9. The van der Waals surface area contributed by atoms with Crippen molar-refractivity contribution >= 4 is 27.6 Å². The number of hydrogen-bond acceptors (Lipinski definition) is 5. The molecule has 0 spiro atoms. The average molecular weight is 380 g/mol. The van der Waals surface area contributed by atoms with Crippen LogP contribution >= 0.6 is 15.9 Å². The second-order valence-corrected chi connectivity index (χ2v) is 5.66. The summed E-state index contributed by atoms with van der Waals surface area (Å²) in [6.07, 6.45) is -0.755. The van der Waals surface area contributed by atoms with E-state index in [4.69, 9.17) is 9.47 Å². The number of carbonyl (C=O) groups excluding carboxylic acids is 1. The molecule has 0 aliphatic heterocycles. The molecule has 2 rings (SSSR count). The molecule has 0 N–H and O–H groups in total. The molecule has 0 bridgehead atoms. The van der Waals surface area contributed by atoms with E-state index in [-0.39, 0.29) is 12.3 Å². The zero-order chi connectivity index (χ0) is 16.8. The summed E-state index contributed by atoms with van der Waals surface area (Å²) in [5.74, 6) is 0.0549. The molecule has 0 radical (unpaired) electrons. The van der Waals surface area contributed by atoms with E-state index in [1.807, 2.05) is 12.1 Å². The fraction of sp³-hybridized carbons (Fsp3) is 0.188. The van der Waals surface area contributed by atoms with Crippen molar-refractivity contribution in [2.45, 2.75) is 19.6 Å². The van der Waals surface area contributed by atoms with Crippen molar-refractivity contribution in [1.82, 2.24) is 0 Å². The van der Waals surface area contributed by atoms with Crippen LogP contribution in [0.2, 0.25) is 0 Å². The Morgan fingerprint density at radius 1 is 1.17 bits per heavy atom. The molecule has 120 valence electrons. The van der Waals surface area contributed by atoms with Crippen molar-refractivity contribution in [1.29, 1.82) is 0 Å². The highest BCUT2D eigenvalue weighted by atomic mass is 79.9. The first-order valence-corrected chi connectivity index (χ1v) is 7.57. The van der Waals surface area contributed by atoms with Crippen LogP contribution in [0.4, 0.5) is 5.69 Å². The maximum atomic E-state index is 11.9. The molecule has 0 unspecified atom stereocenters. The SMILES string of the molecule is C[C@@H](Oc1ccc(Br)cc1)C(=O)OCc1ccc([N+](=O)[O-])cc1. The number of nitrogens with zero attached hydrogens (tertiary/aromatic N) is 1. The van der Waals surface area contributed by atoms with Gasteiger partial charge in [-0.15, -0.1) is 0 Å². The summed E-state index contributed by atoms with van der Waals surface area (Å²) in [7, 11) is 0. The van der Waals surface area contributed by atoms with Crippen molar-refractivity contribution in [3.63, 3.8) is 0 Å². The van der Waals surface area contributed by atoms with Crippen LogP contribution in [0.5, 0.6) is 5.75 Å². The van der Waals surface area contributed by atoms with E-state index >= 15 is 0 Å². The predicted molar refractivity (Wildman–Crippen MR) is 87.1 cm³/mol. The molecule has 2 aromatic rings. The summed E-state index contributed by atoms with van der Waals surface area (Å²) < 4.78 is 11.5. The molecule has 0 aliphatic rings. The highest BCUT2D eigenvalue weighted by Gasteiger charge is 2.16. The lowest BCUT2D eigenvalue weighted by atomic mass is 10.2. The van der Waals surface area contributed by atoms with E-state index in [1.54, 1.807) is 31.2 Å². The van der Waals surface area contributed by atoms with E-state index in [0.29, 0.717) is 11.3 Å². The minimum Gasteiger partial charge on any atom is -0.479 e. The molecule has 7 heteroatoms. The molecular weight excluding hydrogens is 366 g/mol. The van der Waals surface area contributed by atoms with Crippen molar-refractivity contribution in [2.24, 2.45) is 0 Å². The number of benzene rings is 2. The number of nitro groups is 1. The Hall–Kier alpha value is -2.41. The third-order valence-electron chi connectivity index (χ3n) is 2.99. The molecule has 0 saturated heterocycles. The van der Waals surface area contributed by atoms with Gasteiger partial charge in [0.15, 0.2) is 6.10 Å². The van der Waals surface area contributed by atoms with Gasteiger partial charge in [0.05, 0.1) is 4.92 Å². The van der Waals surface area contributed by atoms with Crippen LogP contribution in [0.1, 0.15) is 12.5 Å². The van der Waals surface area contributed by atoms with Crippen LogP contribution in [0, 0.1) is 10.1 Å². The Morgan fingerprint density at radius 2 is 1.78 bits per heavy atom. The average Bonchev–Trinajstić information content (AvgIpc) is 2.55. The molecule has 0 fully saturated rings. The maximum Gasteiger partial charge on any atom is 0.347 e. The number of nitro benzene ring substituents is 1.